The normalized spacial score (nSPS) is 27.7. The third-order valence-corrected chi connectivity index (χ3v) is 4.08. The zero-order valence-corrected chi connectivity index (χ0v) is 10.5. The highest BCUT2D eigenvalue weighted by atomic mass is 127. The Hall–Kier alpha value is -0.580. The molecule has 2 atom stereocenters. The first-order chi connectivity index (χ1) is 7.24. The van der Waals surface area contributed by atoms with Crippen molar-refractivity contribution in [2.24, 2.45) is 11.8 Å². The number of carbonyl (C=O) groups is 1. The Morgan fingerprint density at radius 1 is 1.20 bits per heavy atom. The number of amides is 1. The Morgan fingerprint density at radius 3 is 2.40 bits per heavy atom. The van der Waals surface area contributed by atoms with Gasteiger partial charge in [-0.25, -0.2) is 0 Å². The number of nitrogens with zero attached hydrogens (tertiary/aromatic N) is 1. The molecule has 3 heteroatoms. The van der Waals surface area contributed by atoms with Crippen LogP contribution in [0.5, 0.6) is 0 Å². The Bertz CT molecular complexity index is 391. The molecule has 1 saturated heterocycles. The van der Waals surface area contributed by atoms with Gasteiger partial charge in [0.25, 0.3) is 5.91 Å². The lowest BCUT2D eigenvalue weighted by molar-refractivity contribution is 0.0775. The largest absolute Gasteiger partial charge is 0.338 e. The Balaban J connectivity index is 1.76. The second-order valence-electron chi connectivity index (χ2n) is 4.47. The van der Waals surface area contributed by atoms with Crippen LogP contribution in [-0.4, -0.2) is 23.9 Å². The summed E-state index contributed by atoms with van der Waals surface area (Å²) in [6.45, 7) is 1.96. The van der Waals surface area contributed by atoms with Crippen LogP contribution in [0.1, 0.15) is 16.8 Å². The molecule has 0 N–H and O–H groups in total. The lowest BCUT2D eigenvalue weighted by Crippen LogP contribution is -2.30. The molecule has 0 spiro atoms. The van der Waals surface area contributed by atoms with Gasteiger partial charge in [-0.2, -0.15) is 0 Å². The zero-order chi connectivity index (χ0) is 10.4. The van der Waals surface area contributed by atoms with Gasteiger partial charge in [-0.05, 0) is 65.1 Å². The topological polar surface area (TPSA) is 20.3 Å². The highest BCUT2D eigenvalue weighted by Crippen LogP contribution is 2.45. The molecule has 2 aliphatic rings. The molecule has 2 fully saturated rings. The zero-order valence-electron chi connectivity index (χ0n) is 8.32. The van der Waals surface area contributed by atoms with Crippen LogP contribution in [0, 0.1) is 15.4 Å². The van der Waals surface area contributed by atoms with Gasteiger partial charge in [0.05, 0.1) is 0 Å². The molecule has 1 heterocycles. The highest BCUT2D eigenvalue weighted by molar-refractivity contribution is 14.1. The van der Waals surface area contributed by atoms with Crippen LogP contribution >= 0.6 is 22.6 Å². The number of fused-ring (bicyclic) bond motifs is 1. The highest BCUT2D eigenvalue weighted by Gasteiger charge is 2.46. The number of likely N-dealkylation sites (tertiary alicyclic amines) is 1. The number of carbonyl (C=O) groups excluding carboxylic acids is 1. The van der Waals surface area contributed by atoms with E-state index in [1.165, 1.54) is 9.99 Å². The molecule has 1 aliphatic heterocycles. The van der Waals surface area contributed by atoms with Crippen LogP contribution in [0.4, 0.5) is 0 Å². The molecule has 1 aromatic rings. The molecule has 0 bridgehead atoms. The van der Waals surface area contributed by atoms with E-state index in [1.54, 1.807) is 0 Å². The Kier molecular flexibility index (Phi) is 2.23. The predicted molar refractivity (Wildman–Crippen MR) is 66.7 cm³/mol. The minimum Gasteiger partial charge on any atom is -0.338 e. The van der Waals surface area contributed by atoms with Crippen LogP contribution in [0.25, 0.3) is 0 Å². The van der Waals surface area contributed by atoms with Gasteiger partial charge < -0.3 is 4.90 Å². The SMILES string of the molecule is O=C(c1ccc(I)cc1)N1CC2CC2C1. The molecule has 1 amide bonds. The lowest BCUT2D eigenvalue weighted by atomic mass is 10.2. The van der Waals surface area contributed by atoms with E-state index >= 15 is 0 Å². The first-order valence-corrected chi connectivity index (χ1v) is 6.37. The van der Waals surface area contributed by atoms with E-state index < -0.39 is 0 Å². The number of halogens is 1. The Morgan fingerprint density at radius 2 is 1.80 bits per heavy atom. The van der Waals surface area contributed by atoms with E-state index in [0.29, 0.717) is 0 Å². The molecule has 1 aliphatic carbocycles. The summed E-state index contributed by atoms with van der Waals surface area (Å²) in [5, 5.41) is 0. The van der Waals surface area contributed by atoms with Crippen molar-refractivity contribution in [2.75, 3.05) is 13.1 Å². The van der Waals surface area contributed by atoms with Gasteiger partial charge in [-0.3, -0.25) is 4.79 Å². The molecule has 1 aromatic carbocycles. The van der Waals surface area contributed by atoms with Crippen LogP contribution in [-0.2, 0) is 0 Å². The van der Waals surface area contributed by atoms with E-state index in [0.717, 1.165) is 30.5 Å². The van der Waals surface area contributed by atoms with Crippen molar-refractivity contribution >= 4 is 28.5 Å². The second-order valence-corrected chi connectivity index (χ2v) is 5.72. The molecule has 0 radical (unpaired) electrons. The van der Waals surface area contributed by atoms with E-state index in [9.17, 15) is 4.79 Å². The summed E-state index contributed by atoms with van der Waals surface area (Å²) in [6.07, 6.45) is 1.34. The van der Waals surface area contributed by atoms with Gasteiger partial charge >= 0.3 is 0 Å². The fourth-order valence-electron chi connectivity index (χ4n) is 2.34. The van der Waals surface area contributed by atoms with Crippen LogP contribution in [0.15, 0.2) is 24.3 Å². The third-order valence-electron chi connectivity index (χ3n) is 3.36. The number of benzene rings is 1. The Labute approximate surface area is 103 Å². The smallest absolute Gasteiger partial charge is 0.253 e. The first-order valence-electron chi connectivity index (χ1n) is 5.29. The molecule has 2 nitrogen and oxygen atoms in total. The average molecular weight is 313 g/mol. The van der Waals surface area contributed by atoms with Gasteiger partial charge in [0.1, 0.15) is 0 Å². The summed E-state index contributed by atoms with van der Waals surface area (Å²) in [5.74, 6) is 1.84. The summed E-state index contributed by atoms with van der Waals surface area (Å²) in [5.41, 5.74) is 0.830. The number of rotatable bonds is 1. The molecule has 1 saturated carbocycles. The maximum absolute atomic E-state index is 12.0. The van der Waals surface area contributed by atoms with Gasteiger partial charge in [-0.15, -0.1) is 0 Å². The minimum atomic E-state index is 0.207. The quantitative estimate of drug-likeness (QED) is 0.729. The molecule has 3 rings (SSSR count). The fraction of sp³-hybridized carbons (Fsp3) is 0.417. The standard InChI is InChI=1S/C12H12INO/c13-11-3-1-8(2-4-11)12(15)14-6-9-5-10(9)7-14/h1-4,9-10H,5-7H2. The summed E-state index contributed by atoms with van der Waals surface area (Å²) in [7, 11) is 0. The molecular formula is C12H12INO. The first kappa shape index (κ1) is 9.63. The minimum absolute atomic E-state index is 0.207. The summed E-state index contributed by atoms with van der Waals surface area (Å²) < 4.78 is 1.17. The van der Waals surface area contributed by atoms with Gasteiger partial charge in [0.2, 0.25) is 0 Å². The molecule has 0 aromatic heterocycles. The second kappa shape index (κ2) is 3.47. The van der Waals surface area contributed by atoms with Gasteiger partial charge in [-0.1, -0.05) is 0 Å². The van der Waals surface area contributed by atoms with Crippen molar-refractivity contribution in [3.63, 3.8) is 0 Å². The van der Waals surface area contributed by atoms with Crippen molar-refractivity contribution < 1.29 is 4.79 Å². The lowest BCUT2D eigenvalue weighted by Gasteiger charge is -2.17. The van der Waals surface area contributed by atoms with Crippen molar-refractivity contribution in [3.8, 4) is 0 Å². The molecule has 2 unspecified atom stereocenters. The van der Waals surface area contributed by atoms with Crippen molar-refractivity contribution in [1.29, 1.82) is 0 Å². The van der Waals surface area contributed by atoms with Crippen molar-refractivity contribution in [2.45, 2.75) is 6.42 Å². The average Bonchev–Trinajstić information content (AvgIpc) is 2.86. The van der Waals surface area contributed by atoms with E-state index in [1.807, 2.05) is 29.2 Å². The van der Waals surface area contributed by atoms with E-state index in [4.69, 9.17) is 0 Å². The van der Waals surface area contributed by atoms with E-state index in [-0.39, 0.29) is 5.91 Å². The number of hydrogen-bond acceptors (Lipinski definition) is 1. The molecular weight excluding hydrogens is 301 g/mol. The van der Waals surface area contributed by atoms with Crippen LogP contribution in [0.3, 0.4) is 0 Å². The maximum Gasteiger partial charge on any atom is 0.253 e. The summed E-state index contributed by atoms with van der Waals surface area (Å²) in [6, 6.07) is 7.83. The third kappa shape index (κ3) is 1.77. The van der Waals surface area contributed by atoms with E-state index in [2.05, 4.69) is 22.6 Å². The van der Waals surface area contributed by atoms with Crippen LogP contribution in [0.2, 0.25) is 0 Å². The number of hydrogen-bond donors (Lipinski definition) is 0. The molecule has 15 heavy (non-hydrogen) atoms. The van der Waals surface area contributed by atoms with Gasteiger partial charge in [0.15, 0.2) is 0 Å². The maximum atomic E-state index is 12.0. The predicted octanol–water partition coefficient (Wildman–Crippen LogP) is 2.38. The van der Waals surface area contributed by atoms with Crippen molar-refractivity contribution in [1.82, 2.24) is 4.90 Å². The van der Waals surface area contributed by atoms with Crippen molar-refractivity contribution in [3.05, 3.63) is 33.4 Å². The van der Waals surface area contributed by atoms with Gasteiger partial charge in [0, 0.05) is 22.2 Å². The summed E-state index contributed by atoms with van der Waals surface area (Å²) >= 11 is 2.25. The monoisotopic (exact) mass is 313 g/mol. The summed E-state index contributed by atoms with van der Waals surface area (Å²) in [4.78, 5) is 14.0. The number of piperidine rings is 1. The van der Waals surface area contributed by atoms with Crippen LogP contribution < -0.4 is 0 Å². The fourth-order valence-corrected chi connectivity index (χ4v) is 2.70. The molecule has 78 valence electrons.